The topological polar surface area (TPSA) is 66.9 Å². The molecule has 1 aromatic rings. The molecule has 2 N–H and O–H groups in total. The van der Waals surface area contributed by atoms with Gasteiger partial charge in [0.05, 0.1) is 6.54 Å². The standard InChI is InChI=1S/C11H16N4O/c1-8-4-10(15-7-14-8)12-6-11(16)13-5-9-2-3-9/h4,7,9H,2-3,5-6H2,1H3,(H,13,16)(H,12,14,15). The van der Waals surface area contributed by atoms with Gasteiger partial charge in [-0.15, -0.1) is 0 Å². The van der Waals surface area contributed by atoms with E-state index in [1.165, 1.54) is 19.2 Å². The Morgan fingerprint density at radius 3 is 3.00 bits per heavy atom. The summed E-state index contributed by atoms with van der Waals surface area (Å²) in [6, 6.07) is 1.81. The molecule has 16 heavy (non-hydrogen) atoms. The molecule has 0 saturated heterocycles. The Morgan fingerprint density at radius 2 is 2.31 bits per heavy atom. The van der Waals surface area contributed by atoms with Crippen LogP contribution in [0.4, 0.5) is 5.82 Å². The summed E-state index contributed by atoms with van der Waals surface area (Å²) >= 11 is 0. The smallest absolute Gasteiger partial charge is 0.239 e. The Kier molecular flexibility index (Phi) is 3.34. The maximum atomic E-state index is 11.4. The van der Waals surface area contributed by atoms with E-state index in [9.17, 15) is 4.79 Å². The molecule has 2 rings (SSSR count). The van der Waals surface area contributed by atoms with Crippen LogP contribution in [0.3, 0.4) is 0 Å². The predicted octanol–water partition coefficient (Wildman–Crippen LogP) is 0.723. The quantitative estimate of drug-likeness (QED) is 0.767. The van der Waals surface area contributed by atoms with Crippen LogP contribution in [0.5, 0.6) is 0 Å². The van der Waals surface area contributed by atoms with E-state index in [0.29, 0.717) is 11.7 Å². The van der Waals surface area contributed by atoms with Crippen molar-refractivity contribution < 1.29 is 4.79 Å². The van der Waals surface area contributed by atoms with Crippen molar-refractivity contribution in [2.24, 2.45) is 5.92 Å². The van der Waals surface area contributed by atoms with Gasteiger partial charge in [0.1, 0.15) is 12.1 Å². The van der Waals surface area contributed by atoms with Gasteiger partial charge in [0, 0.05) is 18.3 Å². The van der Waals surface area contributed by atoms with Crippen molar-refractivity contribution in [3.63, 3.8) is 0 Å². The highest BCUT2D eigenvalue weighted by atomic mass is 16.1. The fraction of sp³-hybridized carbons (Fsp3) is 0.545. The van der Waals surface area contributed by atoms with E-state index in [0.717, 1.165) is 12.2 Å². The highest BCUT2D eigenvalue weighted by Gasteiger charge is 2.21. The third-order valence-corrected chi connectivity index (χ3v) is 2.52. The Balaban J connectivity index is 1.71. The average molecular weight is 220 g/mol. The molecule has 1 saturated carbocycles. The molecule has 0 radical (unpaired) electrons. The van der Waals surface area contributed by atoms with Crippen molar-refractivity contribution in [1.82, 2.24) is 15.3 Å². The van der Waals surface area contributed by atoms with E-state index in [2.05, 4.69) is 20.6 Å². The predicted molar refractivity (Wildman–Crippen MR) is 61.0 cm³/mol. The first-order valence-electron chi connectivity index (χ1n) is 5.53. The maximum Gasteiger partial charge on any atom is 0.239 e. The Labute approximate surface area is 94.7 Å². The summed E-state index contributed by atoms with van der Waals surface area (Å²) in [4.78, 5) is 19.4. The summed E-state index contributed by atoms with van der Waals surface area (Å²) in [5.41, 5.74) is 0.885. The molecule has 1 amide bonds. The molecule has 1 fully saturated rings. The summed E-state index contributed by atoms with van der Waals surface area (Å²) in [6.07, 6.45) is 3.98. The molecule has 0 unspecified atom stereocenters. The maximum absolute atomic E-state index is 11.4. The van der Waals surface area contributed by atoms with Crippen molar-refractivity contribution >= 4 is 11.7 Å². The van der Waals surface area contributed by atoms with Crippen molar-refractivity contribution in [2.45, 2.75) is 19.8 Å². The van der Waals surface area contributed by atoms with Gasteiger partial charge in [0.15, 0.2) is 0 Å². The zero-order valence-corrected chi connectivity index (χ0v) is 9.36. The molecule has 1 aliphatic rings. The third kappa shape index (κ3) is 3.49. The van der Waals surface area contributed by atoms with E-state index >= 15 is 0 Å². The van der Waals surface area contributed by atoms with Crippen LogP contribution >= 0.6 is 0 Å². The summed E-state index contributed by atoms with van der Waals surface area (Å²) in [5, 5.41) is 5.85. The second-order valence-corrected chi connectivity index (χ2v) is 4.15. The van der Waals surface area contributed by atoms with Crippen molar-refractivity contribution in [3.8, 4) is 0 Å². The first kappa shape index (κ1) is 10.9. The number of hydrogen-bond acceptors (Lipinski definition) is 4. The molecule has 86 valence electrons. The van der Waals surface area contributed by atoms with Gasteiger partial charge in [-0.05, 0) is 25.7 Å². The zero-order valence-electron chi connectivity index (χ0n) is 9.36. The fourth-order valence-corrected chi connectivity index (χ4v) is 1.36. The first-order valence-corrected chi connectivity index (χ1v) is 5.53. The minimum absolute atomic E-state index is 0.0168. The number of nitrogens with one attached hydrogen (secondary N) is 2. The molecule has 0 bridgehead atoms. The van der Waals surface area contributed by atoms with Crippen LogP contribution in [0.15, 0.2) is 12.4 Å². The lowest BCUT2D eigenvalue weighted by Gasteiger charge is -2.06. The molecule has 1 aromatic heterocycles. The van der Waals surface area contributed by atoms with Crippen LogP contribution in [-0.2, 0) is 4.79 Å². The van der Waals surface area contributed by atoms with Crippen LogP contribution < -0.4 is 10.6 Å². The normalized spacial score (nSPS) is 14.6. The molecule has 1 heterocycles. The number of rotatable bonds is 5. The Hall–Kier alpha value is -1.65. The summed E-state index contributed by atoms with van der Waals surface area (Å²) in [5.74, 6) is 1.42. The van der Waals surface area contributed by atoms with Gasteiger partial charge in [0.25, 0.3) is 0 Å². The van der Waals surface area contributed by atoms with Crippen LogP contribution in [0.2, 0.25) is 0 Å². The lowest BCUT2D eigenvalue weighted by molar-refractivity contribution is -0.119. The van der Waals surface area contributed by atoms with Crippen LogP contribution in [0.1, 0.15) is 18.5 Å². The van der Waals surface area contributed by atoms with Gasteiger partial charge in [0.2, 0.25) is 5.91 Å². The minimum Gasteiger partial charge on any atom is -0.361 e. The number of nitrogens with zero attached hydrogens (tertiary/aromatic N) is 2. The van der Waals surface area contributed by atoms with Gasteiger partial charge in [-0.25, -0.2) is 9.97 Å². The van der Waals surface area contributed by atoms with Gasteiger partial charge in [-0.1, -0.05) is 0 Å². The van der Waals surface area contributed by atoms with Gasteiger partial charge in [-0.2, -0.15) is 0 Å². The monoisotopic (exact) mass is 220 g/mol. The highest BCUT2D eigenvalue weighted by Crippen LogP contribution is 2.27. The minimum atomic E-state index is 0.0168. The number of carbonyl (C=O) groups excluding carboxylic acids is 1. The molecular weight excluding hydrogens is 204 g/mol. The average Bonchev–Trinajstić information content (AvgIpc) is 3.07. The van der Waals surface area contributed by atoms with E-state index in [4.69, 9.17) is 0 Å². The summed E-state index contributed by atoms with van der Waals surface area (Å²) in [6.45, 7) is 2.96. The number of aryl methyl sites for hydroxylation is 1. The van der Waals surface area contributed by atoms with Gasteiger partial charge >= 0.3 is 0 Å². The number of anilines is 1. The summed E-state index contributed by atoms with van der Waals surface area (Å²) in [7, 11) is 0. The second kappa shape index (κ2) is 4.92. The molecule has 0 atom stereocenters. The number of amides is 1. The van der Waals surface area contributed by atoms with Crippen molar-refractivity contribution in [3.05, 3.63) is 18.1 Å². The fourth-order valence-electron chi connectivity index (χ4n) is 1.36. The molecular formula is C11H16N4O. The second-order valence-electron chi connectivity index (χ2n) is 4.15. The SMILES string of the molecule is Cc1cc(NCC(=O)NCC2CC2)ncn1. The van der Waals surface area contributed by atoms with Crippen LogP contribution in [0, 0.1) is 12.8 Å². The molecule has 0 spiro atoms. The lowest BCUT2D eigenvalue weighted by atomic mass is 10.4. The van der Waals surface area contributed by atoms with E-state index in [1.807, 2.05) is 13.0 Å². The molecule has 0 aliphatic heterocycles. The van der Waals surface area contributed by atoms with Crippen molar-refractivity contribution in [1.29, 1.82) is 0 Å². The molecule has 5 nitrogen and oxygen atoms in total. The van der Waals surface area contributed by atoms with Gasteiger partial charge < -0.3 is 10.6 Å². The number of carbonyl (C=O) groups is 1. The van der Waals surface area contributed by atoms with Gasteiger partial charge in [-0.3, -0.25) is 4.79 Å². The highest BCUT2D eigenvalue weighted by molar-refractivity contribution is 5.80. The third-order valence-electron chi connectivity index (χ3n) is 2.52. The van der Waals surface area contributed by atoms with Crippen LogP contribution in [0.25, 0.3) is 0 Å². The largest absolute Gasteiger partial charge is 0.361 e. The number of aromatic nitrogens is 2. The zero-order chi connectivity index (χ0) is 11.4. The Bertz CT molecular complexity index is 376. The molecule has 1 aliphatic carbocycles. The molecule has 0 aromatic carbocycles. The van der Waals surface area contributed by atoms with E-state index in [-0.39, 0.29) is 12.5 Å². The molecule has 5 heteroatoms. The van der Waals surface area contributed by atoms with E-state index in [1.54, 1.807) is 0 Å². The summed E-state index contributed by atoms with van der Waals surface area (Å²) < 4.78 is 0. The lowest BCUT2D eigenvalue weighted by Crippen LogP contribution is -2.31. The first-order chi connectivity index (χ1) is 7.74. The Morgan fingerprint density at radius 1 is 1.50 bits per heavy atom. The van der Waals surface area contributed by atoms with Crippen molar-refractivity contribution in [2.75, 3.05) is 18.4 Å². The van der Waals surface area contributed by atoms with Crippen LogP contribution in [-0.4, -0.2) is 29.0 Å². The number of hydrogen-bond donors (Lipinski definition) is 2. The van der Waals surface area contributed by atoms with E-state index < -0.39 is 0 Å².